The summed E-state index contributed by atoms with van der Waals surface area (Å²) >= 11 is 0. The third-order valence-electron chi connectivity index (χ3n) is 2.24. The van der Waals surface area contributed by atoms with Gasteiger partial charge in [0.15, 0.2) is 6.10 Å². The van der Waals surface area contributed by atoms with Crippen molar-refractivity contribution in [3.8, 4) is 0 Å². The minimum Gasteiger partial charge on any atom is -0.457 e. The molecule has 1 aliphatic rings. The number of rotatable bonds is 3. The normalized spacial score (nSPS) is 37.1. The number of hydrogen-bond donors (Lipinski definition) is 2. The Balaban J connectivity index is 2.66. The summed E-state index contributed by atoms with van der Waals surface area (Å²) in [5, 5.41) is 18.4. The molecule has 1 saturated heterocycles. The molecule has 5 nitrogen and oxygen atoms in total. The predicted molar refractivity (Wildman–Crippen MR) is 43.3 cm³/mol. The molecule has 0 amide bonds. The molecule has 1 aliphatic heterocycles. The Morgan fingerprint density at radius 2 is 2.43 bits per heavy atom. The largest absolute Gasteiger partial charge is 0.457 e. The van der Waals surface area contributed by atoms with Gasteiger partial charge in [-0.3, -0.25) is 4.79 Å². The van der Waals surface area contributed by atoms with Crippen LogP contribution in [0.3, 0.4) is 0 Å². The second kappa shape index (κ2) is 4.20. The van der Waals surface area contributed by atoms with Crippen LogP contribution in [0.25, 0.3) is 0 Å². The number of aliphatic hydroxyl groups is 2. The second-order valence-electron chi connectivity index (χ2n) is 3.26. The average Bonchev–Trinajstić information content (AvgIpc) is 2.45. The summed E-state index contributed by atoms with van der Waals surface area (Å²) in [5.41, 5.74) is -1.64. The second-order valence-corrected chi connectivity index (χ2v) is 3.26. The molecule has 1 rings (SSSR count). The monoisotopic (exact) mass is 208 g/mol. The van der Waals surface area contributed by atoms with Crippen LogP contribution < -0.4 is 0 Å². The van der Waals surface area contributed by atoms with Crippen molar-refractivity contribution in [3.05, 3.63) is 0 Å². The minimum atomic E-state index is -1.64. The molecule has 2 N–H and O–H groups in total. The molecule has 1 fully saturated rings. The van der Waals surface area contributed by atoms with E-state index in [1.807, 2.05) is 0 Å². The maximum absolute atomic E-state index is 12.5. The van der Waals surface area contributed by atoms with Crippen molar-refractivity contribution in [2.45, 2.75) is 24.7 Å². The molecule has 82 valence electrons. The van der Waals surface area contributed by atoms with E-state index in [0.717, 1.165) is 0 Å². The van der Waals surface area contributed by atoms with Gasteiger partial charge in [-0.05, 0) is 0 Å². The molecule has 0 aromatic heterocycles. The van der Waals surface area contributed by atoms with Crippen LogP contribution in [0.2, 0.25) is 0 Å². The molecule has 1 heterocycles. The first kappa shape index (κ1) is 11.4. The van der Waals surface area contributed by atoms with Gasteiger partial charge >= 0.3 is 5.97 Å². The molecule has 0 spiro atoms. The van der Waals surface area contributed by atoms with E-state index in [1.54, 1.807) is 0 Å². The zero-order chi connectivity index (χ0) is 10.8. The molecule has 3 unspecified atom stereocenters. The molecule has 0 aliphatic carbocycles. The molecular weight excluding hydrogens is 195 g/mol. The molecule has 0 saturated carbocycles. The van der Waals surface area contributed by atoms with Crippen LogP contribution in [-0.4, -0.2) is 53.9 Å². The van der Waals surface area contributed by atoms with Gasteiger partial charge in [0.1, 0.15) is 18.4 Å². The third kappa shape index (κ3) is 1.87. The maximum atomic E-state index is 12.5. The Kier molecular flexibility index (Phi) is 3.41. The van der Waals surface area contributed by atoms with Gasteiger partial charge in [0.25, 0.3) is 0 Å². The first-order valence-electron chi connectivity index (χ1n) is 4.22. The molecule has 0 radical (unpaired) electrons. The molecular formula is C8H13FO5. The van der Waals surface area contributed by atoms with Gasteiger partial charge in [-0.2, -0.15) is 0 Å². The van der Waals surface area contributed by atoms with E-state index in [4.69, 9.17) is 14.6 Å². The number of esters is 1. The fraction of sp³-hybridized carbons (Fsp3) is 0.875. The summed E-state index contributed by atoms with van der Waals surface area (Å²) in [6.07, 6.45) is -2.24. The first-order valence-corrected chi connectivity index (χ1v) is 4.22. The minimum absolute atomic E-state index is 0.106. The van der Waals surface area contributed by atoms with Crippen LogP contribution in [0.15, 0.2) is 0 Å². The van der Waals surface area contributed by atoms with E-state index in [-0.39, 0.29) is 6.61 Å². The zero-order valence-corrected chi connectivity index (χ0v) is 7.77. The number of carbonyl (C=O) groups excluding carboxylic acids is 1. The van der Waals surface area contributed by atoms with Crippen molar-refractivity contribution in [2.24, 2.45) is 0 Å². The van der Waals surface area contributed by atoms with Gasteiger partial charge in [-0.1, -0.05) is 0 Å². The first-order chi connectivity index (χ1) is 6.55. The highest BCUT2D eigenvalue weighted by atomic mass is 19.1. The van der Waals surface area contributed by atoms with Gasteiger partial charge in [0, 0.05) is 6.92 Å². The highest BCUT2D eigenvalue weighted by Gasteiger charge is 2.51. The number of alkyl halides is 1. The van der Waals surface area contributed by atoms with Crippen LogP contribution in [0, 0.1) is 0 Å². The Morgan fingerprint density at radius 3 is 2.79 bits per heavy atom. The number of carbonyl (C=O) groups is 1. The summed E-state index contributed by atoms with van der Waals surface area (Å²) in [5.74, 6) is -0.578. The molecule has 0 aromatic carbocycles. The van der Waals surface area contributed by atoms with E-state index in [2.05, 4.69) is 0 Å². The van der Waals surface area contributed by atoms with Gasteiger partial charge in [0.2, 0.25) is 0 Å². The zero-order valence-electron chi connectivity index (χ0n) is 7.77. The third-order valence-corrected chi connectivity index (χ3v) is 2.24. The van der Waals surface area contributed by atoms with Crippen LogP contribution in [0.1, 0.15) is 6.92 Å². The summed E-state index contributed by atoms with van der Waals surface area (Å²) < 4.78 is 22.1. The number of hydrogen-bond acceptors (Lipinski definition) is 5. The van der Waals surface area contributed by atoms with Crippen LogP contribution in [-0.2, 0) is 14.3 Å². The van der Waals surface area contributed by atoms with E-state index in [1.165, 1.54) is 6.92 Å². The van der Waals surface area contributed by atoms with Gasteiger partial charge < -0.3 is 19.7 Å². The number of aliphatic hydroxyl groups excluding tert-OH is 2. The standard InChI is InChI=1S/C8H13FO5/c1-5(11)14-6-2-13-8(3-9,4-10)7(6)12/h6-7,10,12H,2-4H2,1H3. The Bertz CT molecular complexity index is 216. The highest BCUT2D eigenvalue weighted by Crippen LogP contribution is 2.28. The van der Waals surface area contributed by atoms with Crippen LogP contribution in [0.5, 0.6) is 0 Å². The van der Waals surface area contributed by atoms with E-state index < -0.39 is 37.1 Å². The van der Waals surface area contributed by atoms with Crippen molar-refractivity contribution in [1.29, 1.82) is 0 Å². The van der Waals surface area contributed by atoms with Crippen molar-refractivity contribution in [3.63, 3.8) is 0 Å². The Hall–Kier alpha value is -0.720. The number of halogens is 1. The lowest BCUT2D eigenvalue weighted by Gasteiger charge is -2.26. The highest BCUT2D eigenvalue weighted by molar-refractivity contribution is 5.66. The molecule has 6 heteroatoms. The lowest BCUT2D eigenvalue weighted by atomic mass is 9.98. The van der Waals surface area contributed by atoms with E-state index in [9.17, 15) is 14.3 Å². The smallest absolute Gasteiger partial charge is 0.303 e. The van der Waals surface area contributed by atoms with Gasteiger partial charge in [-0.25, -0.2) is 4.39 Å². The fourth-order valence-corrected chi connectivity index (χ4v) is 1.37. The fourth-order valence-electron chi connectivity index (χ4n) is 1.37. The Labute approximate surface area is 80.4 Å². The Morgan fingerprint density at radius 1 is 1.79 bits per heavy atom. The van der Waals surface area contributed by atoms with Crippen molar-refractivity contribution in [2.75, 3.05) is 19.9 Å². The van der Waals surface area contributed by atoms with Crippen LogP contribution >= 0.6 is 0 Å². The summed E-state index contributed by atoms with van der Waals surface area (Å²) in [6, 6.07) is 0. The summed E-state index contributed by atoms with van der Waals surface area (Å²) in [4.78, 5) is 10.6. The molecule has 3 atom stereocenters. The lowest BCUT2D eigenvalue weighted by molar-refractivity contribution is -0.152. The summed E-state index contributed by atoms with van der Waals surface area (Å²) in [7, 11) is 0. The predicted octanol–water partition coefficient (Wildman–Crippen LogP) is -0.990. The van der Waals surface area contributed by atoms with Crippen molar-refractivity contribution < 1.29 is 28.9 Å². The van der Waals surface area contributed by atoms with E-state index in [0.29, 0.717) is 0 Å². The molecule has 14 heavy (non-hydrogen) atoms. The van der Waals surface area contributed by atoms with Gasteiger partial charge in [0.05, 0.1) is 13.2 Å². The van der Waals surface area contributed by atoms with Crippen molar-refractivity contribution >= 4 is 5.97 Å². The van der Waals surface area contributed by atoms with Crippen molar-refractivity contribution in [1.82, 2.24) is 0 Å². The topological polar surface area (TPSA) is 76.0 Å². The maximum Gasteiger partial charge on any atom is 0.303 e. The lowest BCUT2D eigenvalue weighted by Crippen LogP contribution is -2.49. The van der Waals surface area contributed by atoms with E-state index >= 15 is 0 Å². The molecule has 0 bridgehead atoms. The molecule has 0 aromatic rings. The average molecular weight is 208 g/mol. The summed E-state index contributed by atoms with van der Waals surface area (Å²) in [6.45, 7) is -0.600. The SMILES string of the molecule is CC(=O)OC1COC(CO)(CF)C1O. The quantitative estimate of drug-likeness (QED) is 0.582. The van der Waals surface area contributed by atoms with Gasteiger partial charge in [-0.15, -0.1) is 0 Å². The van der Waals surface area contributed by atoms with Crippen LogP contribution in [0.4, 0.5) is 4.39 Å². The number of ether oxygens (including phenoxy) is 2.